The molecule has 8 nitrogen and oxygen atoms in total. The van der Waals surface area contributed by atoms with E-state index in [1.807, 2.05) is 6.92 Å². The predicted molar refractivity (Wildman–Crippen MR) is 68.4 cm³/mol. The number of urea groups is 1. The van der Waals surface area contributed by atoms with Gasteiger partial charge in [0.1, 0.15) is 6.04 Å². The third-order valence-electron chi connectivity index (χ3n) is 3.41. The summed E-state index contributed by atoms with van der Waals surface area (Å²) >= 11 is 0. The van der Waals surface area contributed by atoms with Crippen LogP contribution in [0.3, 0.4) is 0 Å². The van der Waals surface area contributed by atoms with Gasteiger partial charge in [-0.3, -0.25) is 4.79 Å². The highest BCUT2D eigenvalue weighted by Gasteiger charge is 2.34. The fourth-order valence-corrected chi connectivity index (χ4v) is 2.16. The molecule has 8 heteroatoms. The van der Waals surface area contributed by atoms with Crippen LogP contribution in [0, 0.1) is 0 Å². The van der Waals surface area contributed by atoms with Crippen LogP contribution in [0.15, 0.2) is 0 Å². The lowest BCUT2D eigenvalue weighted by atomic mass is 9.95. The Labute approximate surface area is 116 Å². The Hall–Kier alpha value is -1.83. The van der Waals surface area contributed by atoms with Crippen molar-refractivity contribution in [1.29, 1.82) is 0 Å². The average molecular weight is 288 g/mol. The van der Waals surface area contributed by atoms with Crippen molar-refractivity contribution >= 4 is 18.0 Å². The number of hydrogen-bond acceptors (Lipinski definition) is 4. The number of rotatable bonds is 5. The first-order valence-electron chi connectivity index (χ1n) is 6.32. The van der Waals surface area contributed by atoms with Crippen LogP contribution in [0.25, 0.3) is 0 Å². The topological polar surface area (TPSA) is 116 Å². The number of ether oxygens (including phenoxy) is 1. The number of carbonyl (C=O) groups is 3. The summed E-state index contributed by atoms with van der Waals surface area (Å²) in [4.78, 5) is 34.9. The van der Waals surface area contributed by atoms with Crippen molar-refractivity contribution in [2.75, 3.05) is 20.2 Å². The van der Waals surface area contributed by atoms with Gasteiger partial charge < -0.3 is 25.2 Å². The molecule has 1 fully saturated rings. The number of hydrogen-bond donors (Lipinski definition) is 3. The second kappa shape index (κ2) is 6.56. The highest BCUT2D eigenvalue weighted by molar-refractivity contribution is 5.86. The summed E-state index contributed by atoms with van der Waals surface area (Å²) in [6, 6.07) is -2.02. The number of likely N-dealkylation sites (tertiary alicyclic amines) is 1. The molecule has 114 valence electrons. The maximum absolute atomic E-state index is 12.0. The molecule has 0 aromatic carbocycles. The van der Waals surface area contributed by atoms with Crippen molar-refractivity contribution in [2.24, 2.45) is 0 Å². The van der Waals surface area contributed by atoms with E-state index in [0.717, 1.165) is 12.8 Å². The maximum Gasteiger partial charge on any atom is 0.326 e. The number of nitrogens with one attached hydrogen (secondary N) is 1. The Balaban J connectivity index is 2.64. The number of aliphatic carboxylic acids is 2. The minimum absolute atomic E-state index is 0.342. The van der Waals surface area contributed by atoms with Crippen LogP contribution in [0.4, 0.5) is 4.79 Å². The Morgan fingerprint density at radius 2 is 2.05 bits per heavy atom. The summed E-state index contributed by atoms with van der Waals surface area (Å²) in [5.41, 5.74) is -0.457. The molecule has 0 spiro atoms. The lowest BCUT2D eigenvalue weighted by Gasteiger charge is -2.39. The van der Waals surface area contributed by atoms with E-state index >= 15 is 0 Å². The molecule has 20 heavy (non-hydrogen) atoms. The molecule has 1 unspecified atom stereocenters. The lowest BCUT2D eigenvalue weighted by Crippen LogP contribution is -2.55. The Kier molecular flexibility index (Phi) is 5.32. The normalized spacial score (nSPS) is 24.0. The van der Waals surface area contributed by atoms with Gasteiger partial charge in [0.2, 0.25) is 0 Å². The predicted octanol–water partition coefficient (Wildman–Crippen LogP) is 0.125. The molecule has 0 radical (unpaired) electrons. The minimum Gasteiger partial charge on any atom is -0.481 e. The zero-order valence-electron chi connectivity index (χ0n) is 11.6. The quantitative estimate of drug-likeness (QED) is 0.662. The number of carbonyl (C=O) groups excluding carboxylic acids is 1. The molecule has 0 aliphatic carbocycles. The maximum atomic E-state index is 12.0. The Morgan fingerprint density at radius 3 is 2.55 bits per heavy atom. The first-order chi connectivity index (χ1) is 9.27. The molecule has 1 aliphatic heterocycles. The van der Waals surface area contributed by atoms with E-state index < -0.39 is 36.0 Å². The first kappa shape index (κ1) is 16.2. The number of piperidine rings is 1. The second-order valence-electron chi connectivity index (χ2n) is 5.12. The highest BCUT2D eigenvalue weighted by atomic mass is 16.5. The Bertz CT molecular complexity index is 399. The van der Waals surface area contributed by atoms with E-state index in [2.05, 4.69) is 5.32 Å². The van der Waals surface area contributed by atoms with Gasteiger partial charge in [0, 0.05) is 13.7 Å². The molecule has 1 aliphatic rings. The lowest BCUT2D eigenvalue weighted by molar-refractivity contribution is -0.145. The molecule has 0 bridgehead atoms. The van der Waals surface area contributed by atoms with E-state index in [1.54, 1.807) is 7.11 Å². The molecule has 0 aromatic heterocycles. The molecule has 3 N–H and O–H groups in total. The summed E-state index contributed by atoms with van der Waals surface area (Å²) in [7, 11) is 1.56. The van der Waals surface area contributed by atoms with Gasteiger partial charge in [0.05, 0.1) is 18.6 Å². The molecule has 1 heterocycles. The SMILES string of the molecule is COC1(C)CCCN(C(=O)N[C@@H](CC(=O)O)C(=O)O)C1. The molecule has 1 saturated heterocycles. The minimum atomic E-state index is -1.43. The number of amides is 2. The smallest absolute Gasteiger partial charge is 0.326 e. The van der Waals surface area contributed by atoms with Crippen LogP contribution in [-0.2, 0) is 14.3 Å². The molecule has 0 aromatic rings. The summed E-state index contributed by atoms with van der Waals surface area (Å²) in [6.07, 6.45) is 0.898. The molecular weight excluding hydrogens is 268 g/mol. The standard InChI is InChI=1S/C12H20N2O6/c1-12(20-2)4-3-5-14(7-12)11(19)13-8(10(17)18)6-9(15)16/h8H,3-7H2,1-2H3,(H,13,19)(H,15,16)(H,17,18)/t8-,12?/m0/s1. The van der Waals surface area contributed by atoms with Gasteiger partial charge in [-0.2, -0.15) is 0 Å². The number of carboxylic acid groups (broad SMARTS) is 2. The summed E-state index contributed by atoms with van der Waals surface area (Å²) in [5, 5.41) is 19.8. The van der Waals surface area contributed by atoms with E-state index in [0.29, 0.717) is 13.1 Å². The fraction of sp³-hybridized carbons (Fsp3) is 0.750. The van der Waals surface area contributed by atoms with Gasteiger partial charge in [-0.05, 0) is 19.8 Å². The van der Waals surface area contributed by atoms with Crippen LogP contribution < -0.4 is 5.32 Å². The second-order valence-corrected chi connectivity index (χ2v) is 5.12. The third-order valence-corrected chi connectivity index (χ3v) is 3.41. The van der Waals surface area contributed by atoms with Crippen molar-refractivity contribution in [3.05, 3.63) is 0 Å². The number of nitrogens with zero attached hydrogens (tertiary/aromatic N) is 1. The van der Waals surface area contributed by atoms with Crippen molar-refractivity contribution in [3.63, 3.8) is 0 Å². The van der Waals surface area contributed by atoms with E-state index in [9.17, 15) is 14.4 Å². The monoisotopic (exact) mass is 288 g/mol. The van der Waals surface area contributed by atoms with Gasteiger partial charge in [-0.1, -0.05) is 0 Å². The van der Waals surface area contributed by atoms with Crippen LogP contribution in [0.5, 0.6) is 0 Å². The van der Waals surface area contributed by atoms with Crippen LogP contribution >= 0.6 is 0 Å². The fourth-order valence-electron chi connectivity index (χ4n) is 2.16. The number of methoxy groups -OCH3 is 1. The first-order valence-corrected chi connectivity index (χ1v) is 6.32. The number of carboxylic acids is 2. The largest absolute Gasteiger partial charge is 0.481 e. The summed E-state index contributed by atoms with van der Waals surface area (Å²) in [6.45, 7) is 2.71. The molecule has 2 atom stereocenters. The zero-order valence-corrected chi connectivity index (χ0v) is 11.6. The van der Waals surface area contributed by atoms with Crippen LogP contribution in [0.1, 0.15) is 26.2 Å². The van der Waals surface area contributed by atoms with Gasteiger partial charge in [0.15, 0.2) is 0 Å². The van der Waals surface area contributed by atoms with Crippen molar-refractivity contribution in [1.82, 2.24) is 10.2 Å². The summed E-state index contributed by atoms with van der Waals surface area (Å²) in [5.74, 6) is -2.65. The third kappa shape index (κ3) is 4.37. The van der Waals surface area contributed by atoms with Crippen LogP contribution in [-0.4, -0.2) is 64.9 Å². The zero-order chi connectivity index (χ0) is 15.3. The van der Waals surface area contributed by atoms with E-state index in [4.69, 9.17) is 14.9 Å². The molecular formula is C12H20N2O6. The van der Waals surface area contributed by atoms with Crippen molar-refractivity contribution in [3.8, 4) is 0 Å². The summed E-state index contributed by atoms with van der Waals surface area (Å²) < 4.78 is 5.34. The molecule has 0 saturated carbocycles. The van der Waals surface area contributed by atoms with Crippen molar-refractivity contribution < 1.29 is 29.3 Å². The van der Waals surface area contributed by atoms with Gasteiger partial charge >= 0.3 is 18.0 Å². The molecule has 2 amide bonds. The van der Waals surface area contributed by atoms with Crippen LogP contribution in [0.2, 0.25) is 0 Å². The van der Waals surface area contributed by atoms with Gasteiger partial charge in [-0.25, -0.2) is 9.59 Å². The molecule has 1 rings (SSSR count). The van der Waals surface area contributed by atoms with Gasteiger partial charge in [-0.15, -0.1) is 0 Å². The highest BCUT2D eigenvalue weighted by Crippen LogP contribution is 2.23. The van der Waals surface area contributed by atoms with Crippen molar-refractivity contribution in [2.45, 2.75) is 37.8 Å². The Morgan fingerprint density at radius 1 is 1.40 bits per heavy atom. The van der Waals surface area contributed by atoms with E-state index in [-0.39, 0.29) is 0 Å². The van der Waals surface area contributed by atoms with Gasteiger partial charge in [0.25, 0.3) is 0 Å². The average Bonchev–Trinajstić information content (AvgIpc) is 2.37. The van der Waals surface area contributed by atoms with E-state index in [1.165, 1.54) is 4.90 Å².